The molecule has 0 unspecified atom stereocenters. The monoisotopic (exact) mass is 604 g/mol. The molecular formula is C30H29FN6O5S. The Kier molecular flexibility index (Phi) is 7.46. The number of carbonyl (C=O) groups is 1. The smallest absolute Gasteiger partial charge is 0.301 e. The van der Waals surface area contributed by atoms with Gasteiger partial charge in [0, 0.05) is 31.1 Å². The maximum absolute atomic E-state index is 13.6. The van der Waals surface area contributed by atoms with Crippen LogP contribution in [-0.2, 0) is 21.4 Å². The van der Waals surface area contributed by atoms with E-state index in [0.717, 1.165) is 22.3 Å². The first kappa shape index (κ1) is 28.5. The number of nitrogens with one attached hydrogen (secondary N) is 1. The predicted molar refractivity (Wildman–Crippen MR) is 159 cm³/mol. The van der Waals surface area contributed by atoms with E-state index in [4.69, 9.17) is 15.2 Å². The number of ether oxygens (including phenoxy) is 2. The molecule has 13 heteroatoms. The van der Waals surface area contributed by atoms with Crippen LogP contribution in [0.15, 0.2) is 60.4 Å². The molecule has 11 nitrogen and oxygen atoms in total. The minimum Gasteiger partial charge on any atom is -0.439 e. The Morgan fingerprint density at radius 1 is 1.07 bits per heavy atom. The molecule has 2 aromatic carbocycles. The number of ketones is 1. The summed E-state index contributed by atoms with van der Waals surface area (Å²) in [5.74, 6) is 0.278. The number of carbonyl (C=O) groups excluding carboxylic acids is 1. The largest absolute Gasteiger partial charge is 0.439 e. The van der Waals surface area contributed by atoms with E-state index in [2.05, 4.69) is 14.8 Å². The molecule has 1 aliphatic carbocycles. The number of nitrogens with zero attached hydrogens (tertiary/aromatic N) is 4. The lowest BCUT2D eigenvalue weighted by molar-refractivity contribution is 0.0733. The van der Waals surface area contributed by atoms with Crippen molar-refractivity contribution in [2.75, 3.05) is 36.8 Å². The number of Topliss-reactive ketones (excluding diaryl/α,β-unsaturated/α-hetero) is 1. The molecule has 0 amide bonds. The number of pyridine rings is 1. The van der Waals surface area contributed by atoms with Crippen molar-refractivity contribution in [3.63, 3.8) is 0 Å². The highest BCUT2D eigenvalue weighted by Crippen LogP contribution is 2.34. The van der Waals surface area contributed by atoms with E-state index < -0.39 is 10.2 Å². The number of rotatable bonds is 8. The van der Waals surface area contributed by atoms with E-state index in [0.29, 0.717) is 48.2 Å². The van der Waals surface area contributed by atoms with Crippen LogP contribution in [0.2, 0.25) is 0 Å². The van der Waals surface area contributed by atoms with E-state index in [9.17, 15) is 17.6 Å². The minimum absolute atomic E-state index is 0.161. The van der Waals surface area contributed by atoms with Gasteiger partial charge in [0.2, 0.25) is 5.88 Å². The number of nitrogens with two attached hydrogens (primary N) is 1. The molecule has 6 rings (SSSR count). The number of aromatic nitrogens is 3. The quantitative estimate of drug-likeness (QED) is 0.285. The highest BCUT2D eigenvalue weighted by Gasteiger charge is 2.28. The molecule has 3 N–H and O–H groups in total. The molecule has 0 spiro atoms. The third-order valence-corrected chi connectivity index (χ3v) is 8.93. The zero-order valence-electron chi connectivity index (χ0n) is 23.5. The van der Waals surface area contributed by atoms with E-state index in [1.54, 1.807) is 24.4 Å². The number of hydrogen-bond acceptors (Lipinski definition) is 8. The third-order valence-electron chi connectivity index (χ3n) is 7.41. The predicted octanol–water partition coefficient (Wildman–Crippen LogP) is 4.21. The number of fused-ring (bicyclic) bond motifs is 1. The molecule has 0 bridgehead atoms. The number of anilines is 2. The van der Waals surface area contributed by atoms with Crippen molar-refractivity contribution in [3.8, 4) is 17.3 Å². The fourth-order valence-corrected chi connectivity index (χ4v) is 6.33. The van der Waals surface area contributed by atoms with Crippen molar-refractivity contribution in [2.45, 2.75) is 20.3 Å². The van der Waals surface area contributed by atoms with Crippen molar-refractivity contribution in [2.24, 2.45) is 0 Å². The molecule has 1 saturated heterocycles. The second-order valence-electron chi connectivity index (χ2n) is 10.4. The van der Waals surface area contributed by atoms with Crippen molar-refractivity contribution in [1.82, 2.24) is 19.1 Å². The lowest BCUT2D eigenvalue weighted by atomic mass is 10.0. The molecule has 2 aliphatic rings. The SMILES string of the molecule is Cc1cc2c(cc1NS(=O)(=O)N1CCOCC1)CC(C(=O)c1cnn(-c3cnc(Oc4ccc(F)cc4)cc3C)c1N)=C2. The number of allylic oxidation sites excluding steroid dienone is 1. The van der Waals surface area contributed by atoms with Gasteiger partial charge in [0.05, 0.1) is 42.5 Å². The van der Waals surface area contributed by atoms with Gasteiger partial charge < -0.3 is 15.2 Å². The van der Waals surface area contributed by atoms with Gasteiger partial charge in [0.25, 0.3) is 0 Å². The van der Waals surface area contributed by atoms with Gasteiger partial charge in [-0.05, 0) is 78.6 Å². The Balaban J connectivity index is 1.18. The molecule has 0 radical (unpaired) electrons. The van der Waals surface area contributed by atoms with Crippen LogP contribution in [0.3, 0.4) is 0 Å². The number of morpholine rings is 1. The fourth-order valence-electron chi connectivity index (χ4n) is 5.07. The summed E-state index contributed by atoms with van der Waals surface area (Å²) in [6.45, 7) is 4.94. The average molecular weight is 605 g/mol. The Morgan fingerprint density at radius 3 is 2.53 bits per heavy atom. The van der Waals surface area contributed by atoms with Gasteiger partial charge in [-0.1, -0.05) is 0 Å². The summed E-state index contributed by atoms with van der Waals surface area (Å²) in [5, 5.41) is 4.36. The minimum atomic E-state index is -3.74. The van der Waals surface area contributed by atoms with Crippen LogP contribution in [0.5, 0.6) is 11.6 Å². The molecule has 1 aliphatic heterocycles. The molecule has 0 atom stereocenters. The molecule has 1 fully saturated rings. The normalized spacial score (nSPS) is 15.2. The second-order valence-corrected chi connectivity index (χ2v) is 12.1. The fraction of sp³-hybridized carbons (Fsp3) is 0.233. The van der Waals surface area contributed by atoms with Gasteiger partial charge >= 0.3 is 10.2 Å². The van der Waals surface area contributed by atoms with E-state index in [1.165, 1.54) is 39.4 Å². The highest BCUT2D eigenvalue weighted by molar-refractivity contribution is 7.90. The van der Waals surface area contributed by atoms with Crippen molar-refractivity contribution in [3.05, 3.63) is 94.1 Å². The maximum Gasteiger partial charge on any atom is 0.301 e. The summed E-state index contributed by atoms with van der Waals surface area (Å²) >= 11 is 0. The van der Waals surface area contributed by atoms with Crippen LogP contribution in [-0.4, -0.2) is 59.6 Å². The molecular weight excluding hydrogens is 575 g/mol. The van der Waals surface area contributed by atoms with Gasteiger partial charge in [-0.25, -0.2) is 14.1 Å². The highest BCUT2D eigenvalue weighted by atomic mass is 32.2. The molecule has 43 heavy (non-hydrogen) atoms. The van der Waals surface area contributed by atoms with Crippen LogP contribution in [0, 0.1) is 19.7 Å². The maximum atomic E-state index is 13.6. The summed E-state index contributed by atoms with van der Waals surface area (Å²) in [6, 6.07) is 10.9. The lowest BCUT2D eigenvalue weighted by Gasteiger charge is -2.26. The van der Waals surface area contributed by atoms with E-state index in [1.807, 2.05) is 19.9 Å². The van der Waals surface area contributed by atoms with Gasteiger partial charge in [0.1, 0.15) is 17.4 Å². The van der Waals surface area contributed by atoms with Crippen molar-refractivity contribution in [1.29, 1.82) is 0 Å². The summed E-state index contributed by atoms with van der Waals surface area (Å²) in [4.78, 5) is 17.9. The average Bonchev–Trinajstić information content (AvgIpc) is 3.57. The van der Waals surface area contributed by atoms with Gasteiger partial charge in [-0.15, -0.1) is 0 Å². The first-order valence-electron chi connectivity index (χ1n) is 13.6. The number of halogens is 1. The van der Waals surface area contributed by atoms with Crippen LogP contribution in [0.25, 0.3) is 11.8 Å². The van der Waals surface area contributed by atoms with Gasteiger partial charge in [0.15, 0.2) is 5.78 Å². The first-order chi connectivity index (χ1) is 20.6. The number of aryl methyl sites for hydroxylation is 2. The van der Waals surface area contributed by atoms with Crippen molar-refractivity contribution >= 4 is 33.6 Å². The molecule has 3 heterocycles. The summed E-state index contributed by atoms with van der Waals surface area (Å²) in [7, 11) is -3.74. The third kappa shape index (κ3) is 5.74. The standard InChI is InChI=1S/C30H29FN6O5S/c1-18-11-20-13-22(14-21(20)15-26(18)35-43(39,40)36-7-9-41-10-8-36)29(38)25-16-34-37(30(25)32)27-17-33-28(12-19(27)2)42-24-5-3-23(31)4-6-24/h3-6,11-13,15-17,35H,7-10,14,32H2,1-2H3. The summed E-state index contributed by atoms with van der Waals surface area (Å²) < 4.78 is 55.5. The topological polar surface area (TPSA) is 142 Å². The number of hydrogen-bond donors (Lipinski definition) is 2. The Morgan fingerprint density at radius 2 is 1.81 bits per heavy atom. The van der Waals surface area contributed by atoms with Gasteiger partial charge in [-0.3, -0.25) is 9.52 Å². The molecule has 4 aromatic rings. The van der Waals surface area contributed by atoms with Gasteiger partial charge in [-0.2, -0.15) is 17.8 Å². The Bertz CT molecular complexity index is 1860. The Hall–Kier alpha value is -4.59. The number of benzene rings is 2. The van der Waals surface area contributed by atoms with Crippen LogP contribution < -0.4 is 15.2 Å². The molecule has 0 saturated carbocycles. The van der Waals surface area contributed by atoms with Crippen LogP contribution in [0.4, 0.5) is 15.9 Å². The van der Waals surface area contributed by atoms with Crippen LogP contribution in [0.1, 0.15) is 32.6 Å². The lowest BCUT2D eigenvalue weighted by Crippen LogP contribution is -2.43. The zero-order valence-corrected chi connectivity index (χ0v) is 24.3. The number of nitrogen functional groups attached to an aromatic ring is 1. The zero-order chi connectivity index (χ0) is 30.3. The second kappa shape index (κ2) is 11.2. The van der Waals surface area contributed by atoms with E-state index >= 15 is 0 Å². The molecule has 222 valence electrons. The first-order valence-corrected chi connectivity index (χ1v) is 15.0. The Labute approximate surface area is 247 Å². The van der Waals surface area contributed by atoms with E-state index in [-0.39, 0.29) is 36.1 Å². The summed E-state index contributed by atoms with van der Waals surface area (Å²) in [5.41, 5.74) is 11.4. The van der Waals surface area contributed by atoms with Crippen LogP contribution >= 0.6 is 0 Å². The molecule has 2 aromatic heterocycles. The summed E-state index contributed by atoms with van der Waals surface area (Å²) in [6.07, 6.45) is 5.09. The van der Waals surface area contributed by atoms with Crippen molar-refractivity contribution < 1.29 is 27.1 Å².